The van der Waals surface area contributed by atoms with E-state index in [2.05, 4.69) is 15.4 Å². The Morgan fingerprint density at radius 3 is 2.17 bits per heavy atom. The normalized spacial score (nSPS) is 10.9. The molecule has 0 radical (unpaired) electrons. The van der Waals surface area contributed by atoms with Crippen molar-refractivity contribution in [3.05, 3.63) is 54.1 Å². The summed E-state index contributed by atoms with van der Waals surface area (Å²) in [7, 11) is -1.98. The Morgan fingerprint density at radius 2 is 1.57 bits per heavy atom. The minimum atomic E-state index is -3.54. The maximum Gasteiger partial charge on any atom is 0.251 e. The Bertz CT molecular complexity index is 944. The molecule has 2 aromatic rings. The van der Waals surface area contributed by atoms with Crippen LogP contribution in [0.2, 0.25) is 0 Å². The highest BCUT2D eigenvalue weighted by Gasteiger charge is 2.11. The van der Waals surface area contributed by atoms with Crippen LogP contribution in [0.4, 0.5) is 5.69 Å². The van der Waals surface area contributed by atoms with Crippen molar-refractivity contribution in [1.82, 2.24) is 10.0 Å². The molecule has 3 N–H and O–H groups in total. The summed E-state index contributed by atoms with van der Waals surface area (Å²) >= 11 is 0. The third kappa shape index (κ3) is 8.10. The first-order valence-corrected chi connectivity index (χ1v) is 10.8. The molecule has 2 aromatic carbocycles. The summed E-state index contributed by atoms with van der Waals surface area (Å²) in [6, 6.07) is 13.2. The van der Waals surface area contributed by atoms with Crippen molar-refractivity contribution in [3.8, 4) is 11.5 Å². The van der Waals surface area contributed by atoms with E-state index < -0.39 is 10.0 Å². The van der Waals surface area contributed by atoms with Crippen LogP contribution in [-0.4, -0.2) is 52.8 Å². The molecular weight excluding hydrogens is 410 g/mol. The summed E-state index contributed by atoms with van der Waals surface area (Å²) in [6.07, 6.45) is 0. The lowest BCUT2D eigenvalue weighted by molar-refractivity contribution is -0.114. The smallest absolute Gasteiger partial charge is 0.251 e. The van der Waals surface area contributed by atoms with E-state index in [0.29, 0.717) is 22.7 Å². The molecule has 30 heavy (non-hydrogen) atoms. The lowest BCUT2D eigenvalue weighted by atomic mass is 10.2. The number of anilines is 1. The number of sulfonamides is 1. The van der Waals surface area contributed by atoms with Crippen molar-refractivity contribution < 1.29 is 27.5 Å². The zero-order valence-corrected chi connectivity index (χ0v) is 17.6. The van der Waals surface area contributed by atoms with Crippen LogP contribution < -0.4 is 24.8 Å². The number of rotatable bonds is 11. The van der Waals surface area contributed by atoms with E-state index in [9.17, 15) is 18.0 Å². The number of amides is 2. The SMILES string of the molecule is COc1ccc(OCCS(=O)(=O)NCCNC(=O)c2ccc(NC(C)=O)cc2)cc1. The Kier molecular flexibility index (Phi) is 8.63. The van der Waals surface area contributed by atoms with Gasteiger partial charge in [-0.05, 0) is 48.5 Å². The molecule has 0 saturated carbocycles. The first-order chi connectivity index (χ1) is 14.3. The van der Waals surface area contributed by atoms with Crippen molar-refractivity contribution >= 4 is 27.5 Å². The monoisotopic (exact) mass is 435 g/mol. The zero-order chi connectivity index (χ0) is 22.0. The molecule has 0 bridgehead atoms. The van der Waals surface area contributed by atoms with Gasteiger partial charge in [-0.2, -0.15) is 0 Å². The predicted octanol–water partition coefficient (Wildman–Crippen LogP) is 1.38. The highest BCUT2D eigenvalue weighted by molar-refractivity contribution is 7.89. The second kappa shape index (κ2) is 11.2. The van der Waals surface area contributed by atoms with Gasteiger partial charge in [-0.3, -0.25) is 9.59 Å². The van der Waals surface area contributed by atoms with Gasteiger partial charge >= 0.3 is 0 Å². The molecule has 10 heteroatoms. The minimum absolute atomic E-state index is 0.00529. The van der Waals surface area contributed by atoms with Gasteiger partial charge in [0.2, 0.25) is 15.9 Å². The van der Waals surface area contributed by atoms with E-state index >= 15 is 0 Å². The molecule has 162 valence electrons. The van der Waals surface area contributed by atoms with Crippen LogP contribution in [0.1, 0.15) is 17.3 Å². The van der Waals surface area contributed by atoms with Crippen LogP contribution in [0, 0.1) is 0 Å². The number of carbonyl (C=O) groups excluding carboxylic acids is 2. The third-order valence-electron chi connectivity index (χ3n) is 3.88. The van der Waals surface area contributed by atoms with E-state index in [1.54, 1.807) is 55.6 Å². The zero-order valence-electron chi connectivity index (χ0n) is 16.8. The molecule has 0 fully saturated rings. The van der Waals surface area contributed by atoms with Crippen molar-refractivity contribution in [2.24, 2.45) is 0 Å². The maximum absolute atomic E-state index is 12.1. The van der Waals surface area contributed by atoms with E-state index in [4.69, 9.17) is 9.47 Å². The fourth-order valence-electron chi connectivity index (χ4n) is 2.41. The number of methoxy groups -OCH3 is 1. The Balaban J connectivity index is 1.67. The summed E-state index contributed by atoms with van der Waals surface area (Å²) < 4.78 is 36.9. The average Bonchev–Trinajstić information content (AvgIpc) is 2.71. The molecule has 0 atom stereocenters. The van der Waals surface area contributed by atoms with Crippen LogP contribution in [-0.2, 0) is 14.8 Å². The molecule has 0 aromatic heterocycles. The van der Waals surface area contributed by atoms with Gasteiger partial charge < -0.3 is 20.1 Å². The quantitative estimate of drug-likeness (QED) is 0.458. The van der Waals surface area contributed by atoms with Gasteiger partial charge in [-0.1, -0.05) is 0 Å². The summed E-state index contributed by atoms with van der Waals surface area (Å²) in [6.45, 7) is 1.58. The van der Waals surface area contributed by atoms with Gasteiger partial charge in [-0.15, -0.1) is 0 Å². The second-order valence-corrected chi connectivity index (χ2v) is 8.18. The number of benzene rings is 2. The van der Waals surface area contributed by atoms with E-state index in [1.807, 2.05) is 0 Å². The van der Waals surface area contributed by atoms with Gasteiger partial charge in [0.05, 0.1) is 12.9 Å². The van der Waals surface area contributed by atoms with Crippen molar-refractivity contribution in [1.29, 1.82) is 0 Å². The summed E-state index contributed by atoms with van der Waals surface area (Å²) in [5.74, 6) is 0.475. The standard InChI is InChI=1S/C20H25N3O6S/c1-15(24)23-17-5-3-16(4-6-17)20(25)21-11-12-22-30(26,27)14-13-29-19-9-7-18(28-2)8-10-19/h3-10,22H,11-14H2,1-2H3,(H,21,25)(H,23,24). The molecular formula is C20H25N3O6S. The van der Waals surface area contributed by atoms with Gasteiger partial charge in [0.25, 0.3) is 5.91 Å². The van der Waals surface area contributed by atoms with Crippen molar-refractivity contribution in [2.75, 3.05) is 37.9 Å². The lowest BCUT2D eigenvalue weighted by Gasteiger charge is -2.10. The lowest BCUT2D eigenvalue weighted by Crippen LogP contribution is -2.36. The number of hydrogen-bond acceptors (Lipinski definition) is 6. The van der Waals surface area contributed by atoms with Crippen LogP contribution in [0.15, 0.2) is 48.5 Å². The largest absolute Gasteiger partial charge is 0.497 e. The van der Waals surface area contributed by atoms with Gasteiger partial charge in [0.1, 0.15) is 18.1 Å². The van der Waals surface area contributed by atoms with Crippen LogP contribution in [0.5, 0.6) is 11.5 Å². The second-order valence-electron chi connectivity index (χ2n) is 6.25. The number of hydrogen-bond donors (Lipinski definition) is 3. The third-order valence-corrected chi connectivity index (χ3v) is 5.23. The Morgan fingerprint density at radius 1 is 0.933 bits per heavy atom. The molecule has 0 aliphatic heterocycles. The Hall–Kier alpha value is -3.11. The molecule has 0 spiro atoms. The molecule has 0 heterocycles. The Labute approximate surface area is 175 Å². The molecule has 0 saturated heterocycles. The van der Waals surface area contributed by atoms with Crippen LogP contribution >= 0.6 is 0 Å². The fourth-order valence-corrected chi connectivity index (χ4v) is 3.27. The summed E-state index contributed by atoms with van der Waals surface area (Å²) in [5.41, 5.74) is 0.989. The van der Waals surface area contributed by atoms with Crippen molar-refractivity contribution in [3.63, 3.8) is 0 Å². The molecule has 0 unspecified atom stereocenters. The number of nitrogens with one attached hydrogen (secondary N) is 3. The fraction of sp³-hybridized carbons (Fsp3) is 0.300. The average molecular weight is 436 g/mol. The molecule has 9 nitrogen and oxygen atoms in total. The molecule has 0 aliphatic rings. The van der Waals surface area contributed by atoms with Crippen LogP contribution in [0.3, 0.4) is 0 Å². The first-order valence-electron chi connectivity index (χ1n) is 9.19. The highest BCUT2D eigenvalue weighted by atomic mass is 32.2. The molecule has 0 aliphatic carbocycles. The maximum atomic E-state index is 12.1. The first kappa shape index (κ1) is 23.2. The molecule has 2 amide bonds. The van der Waals surface area contributed by atoms with Gasteiger partial charge in [-0.25, -0.2) is 13.1 Å². The van der Waals surface area contributed by atoms with Gasteiger partial charge in [0, 0.05) is 31.3 Å². The van der Waals surface area contributed by atoms with E-state index in [0.717, 1.165) is 0 Å². The van der Waals surface area contributed by atoms with Crippen LogP contribution in [0.25, 0.3) is 0 Å². The van der Waals surface area contributed by atoms with Crippen molar-refractivity contribution in [2.45, 2.75) is 6.92 Å². The minimum Gasteiger partial charge on any atom is -0.497 e. The topological polar surface area (TPSA) is 123 Å². The summed E-state index contributed by atoms with van der Waals surface area (Å²) in [5, 5.41) is 5.24. The predicted molar refractivity (Wildman–Crippen MR) is 113 cm³/mol. The summed E-state index contributed by atoms with van der Waals surface area (Å²) in [4.78, 5) is 23.1. The number of carbonyl (C=O) groups is 2. The number of ether oxygens (including phenoxy) is 2. The van der Waals surface area contributed by atoms with E-state index in [1.165, 1.54) is 6.92 Å². The highest BCUT2D eigenvalue weighted by Crippen LogP contribution is 2.16. The molecule has 2 rings (SSSR count). The van der Waals surface area contributed by atoms with Gasteiger partial charge in [0.15, 0.2) is 0 Å². The van der Waals surface area contributed by atoms with E-state index in [-0.39, 0.29) is 37.3 Å².